The molecular weight excluding hydrogens is 649 g/mol. The summed E-state index contributed by atoms with van der Waals surface area (Å²) in [5.41, 5.74) is 13.3. The van der Waals surface area contributed by atoms with E-state index in [2.05, 4.69) is 212 Å². The minimum atomic E-state index is -0.113. The quantitative estimate of drug-likeness (QED) is 0.164. The lowest BCUT2D eigenvalue weighted by atomic mass is 9.78. The lowest BCUT2D eigenvalue weighted by molar-refractivity contribution is 0.469. The third-order valence-corrected chi connectivity index (χ3v) is 10.6. The molecule has 0 aliphatic heterocycles. The molecule has 8 rings (SSSR count). The molecule has 3 aliphatic carbocycles. The highest BCUT2D eigenvalue weighted by Gasteiger charge is 2.24. The Bertz CT molecular complexity index is 2360. The van der Waals surface area contributed by atoms with Crippen LogP contribution in [0.2, 0.25) is 0 Å². The molecule has 0 bridgehead atoms. The van der Waals surface area contributed by atoms with Crippen LogP contribution < -0.4 is 0 Å². The summed E-state index contributed by atoms with van der Waals surface area (Å²) in [6.07, 6.45) is 30.0. The third-order valence-electron chi connectivity index (χ3n) is 10.6. The van der Waals surface area contributed by atoms with Crippen LogP contribution in [0.25, 0.3) is 49.9 Å². The average Bonchev–Trinajstić information content (AvgIpc) is 3.36. The first kappa shape index (κ1) is 36.9. The molecule has 0 N–H and O–H groups in total. The second kappa shape index (κ2) is 15.5. The van der Waals surface area contributed by atoms with Gasteiger partial charge in [0.25, 0.3) is 0 Å². The highest BCUT2D eigenvalue weighted by Crippen LogP contribution is 2.44. The van der Waals surface area contributed by atoms with Crippen molar-refractivity contribution >= 4 is 38.8 Å². The standard InChI is InChI=1S/C49H42.C5H12/c1-34-13-5-4-10-31-49(3,32-30-34)40-27-25-38(26-28-40)48-45-19-8-6-17-43(45)47(44-18-7-9-20-46(44)48)37-15-11-14-36(23-24-37)41-21-12-16-39-33-35(2)22-29-42(39)41;1-5(2,3)4/h4-14,16-30,32,35H,1,15,31,33H2,2-3H3;1-4H3/b10-4-,13-5-,32-30-;. The number of hydrogen-bond donors (Lipinski definition) is 0. The smallest absolute Gasteiger partial charge is 0.0141 e. The zero-order valence-corrected chi connectivity index (χ0v) is 33.0. The van der Waals surface area contributed by atoms with Crippen LogP contribution in [0.15, 0.2) is 170 Å². The molecule has 0 saturated heterocycles. The second-order valence-corrected chi connectivity index (χ2v) is 17.1. The maximum atomic E-state index is 4.19. The first-order chi connectivity index (χ1) is 26.0. The van der Waals surface area contributed by atoms with E-state index in [1.807, 2.05) is 0 Å². The predicted octanol–water partition coefficient (Wildman–Crippen LogP) is 15.2. The van der Waals surface area contributed by atoms with Gasteiger partial charge in [-0.25, -0.2) is 0 Å². The van der Waals surface area contributed by atoms with Gasteiger partial charge in [-0.1, -0.05) is 212 Å². The fraction of sp³-hybridized carbons (Fsp3) is 0.222. The molecule has 5 aromatic rings. The maximum Gasteiger partial charge on any atom is 0.0141 e. The van der Waals surface area contributed by atoms with Gasteiger partial charge >= 0.3 is 0 Å². The van der Waals surface area contributed by atoms with Gasteiger partial charge in [0.1, 0.15) is 0 Å². The van der Waals surface area contributed by atoms with E-state index in [0.29, 0.717) is 11.3 Å². The van der Waals surface area contributed by atoms with Gasteiger partial charge in [-0.15, -0.1) is 0 Å². The second-order valence-electron chi connectivity index (χ2n) is 17.1. The van der Waals surface area contributed by atoms with Crippen LogP contribution in [0.5, 0.6) is 0 Å². The van der Waals surface area contributed by atoms with Crippen molar-refractivity contribution in [2.24, 2.45) is 11.3 Å². The zero-order chi connectivity index (χ0) is 37.9. The summed E-state index contributed by atoms with van der Waals surface area (Å²) >= 11 is 0. The monoisotopic (exact) mass is 702 g/mol. The Labute approximate surface area is 324 Å². The Morgan fingerprint density at radius 2 is 1.31 bits per heavy atom. The molecule has 54 heavy (non-hydrogen) atoms. The maximum absolute atomic E-state index is 4.19. The first-order valence-corrected chi connectivity index (χ1v) is 19.6. The molecule has 0 heterocycles. The highest BCUT2D eigenvalue weighted by atomic mass is 14.3. The molecule has 0 radical (unpaired) electrons. The Kier molecular flexibility index (Phi) is 10.6. The molecule has 2 atom stereocenters. The van der Waals surface area contributed by atoms with E-state index in [1.165, 1.54) is 71.6 Å². The fourth-order valence-electron chi connectivity index (χ4n) is 7.91. The lowest BCUT2D eigenvalue weighted by Crippen LogP contribution is -2.18. The van der Waals surface area contributed by atoms with E-state index in [0.717, 1.165) is 24.8 Å². The Hall–Kier alpha value is -5.46. The van der Waals surface area contributed by atoms with Crippen molar-refractivity contribution in [3.8, 4) is 11.1 Å². The summed E-state index contributed by atoms with van der Waals surface area (Å²) < 4.78 is 0. The molecule has 3 aliphatic rings. The molecule has 270 valence electrons. The molecule has 0 fully saturated rings. The van der Waals surface area contributed by atoms with E-state index in [1.54, 1.807) is 0 Å². The average molecular weight is 703 g/mol. The van der Waals surface area contributed by atoms with Crippen molar-refractivity contribution in [3.05, 3.63) is 198 Å². The third kappa shape index (κ3) is 8.04. The van der Waals surface area contributed by atoms with Crippen molar-refractivity contribution in [3.63, 3.8) is 0 Å². The minimum absolute atomic E-state index is 0.113. The molecule has 0 heteroatoms. The van der Waals surface area contributed by atoms with Crippen molar-refractivity contribution in [1.82, 2.24) is 0 Å². The normalized spacial score (nSPS) is 21.4. The van der Waals surface area contributed by atoms with Crippen LogP contribution in [-0.2, 0) is 11.8 Å². The van der Waals surface area contributed by atoms with Crippen molar-refractivity contribution in [1.29, 1.82) is 0 Å². The van der Waals surface area contributed by atoms with Crippen LogP contribution in [0, 0.1) is 11.3 Å². The van der Waals surface area contributed by atoms with Crippen LogP contribution in [-0.4, -0.2) is 0 Å². The summed E-state index contributed by atoms with van der Waals surface area (Å²) in [4.78, 5) is 0. The Balaban J connectivity index is 0.000000846. The summed E-state index contributed by atoms with van der Waals surface area (Å²) in [5, 5.41) is 5.18. The van der Waals surface area contributed by atoms with Crippen molar-refractivity contribution in [2.75, 3.05) is 0 Å². The Morgan fingerprint density at radius 3 is 1.98 bits per heavy atom. The van der Waals surface area contributed by atoms with Crippen molar-refractivity contribution < 1.29 is 0 Å². The molecule has 0 nitrogen and oxygen atoms in total. The van der Waals surface area contributed by atoms with Gasteiger partial charge in [0.15, 0.2) is 0 Å². The molecule has 0 saturated carbocycles. The van der Waals surface area contributed by atoms with E-state index in [9.17, 15) is 0 Å². The van der Waals surface area contributed by atoms with Crippen LogP contribution in [0.4, 0.5) is 0 Å². The van der Waals surface area contributed by atoms with Crippen LogP contribution in [0.1, 0.15) is 82.2 Å². The van der Waals surface area contributed by atoms with Gasteiger partial charge in [0.05, 0.1) is 0 Å². The van der Waals surface area contributed by atoms with Gasteiger partial charge in [-0.3, -0.25) is 0 Å². The summed E-state index contributed by atoms with van der Waals surface area (Å²) in [5.74, 6) is 0.586. The Morgan fingerprint density at radius 1 is 0.667 bits per heavy atom. The summed E-state index contributed by atoms with van der Waals surface area (Å²) in [6, 6.07) is 34.0. The number of hydrogen-bond acceptors (Lipinski definition) is 0. The van der Waals surface area contributed by atoms with E-state index < -0.39 is 0 Å². The number of fused-ring (bicyclic) bond motifs is 3. The van der Waals surface area contributed by atoms with Crippen LogP contribution >= 0.6 is 0 Å². The molecule has 0 spiro atoms. The lowest BCUT2D eigenvalue weighted by Gasteiger charge is -2.26. The molecule has 0 amide bonds. The highest BCUT2D eigenvalue weighted by molar-refractivity contribution is 6.19. The number of allylic oxidation sites excluding steroid dienone is 14. The van der Waals surface area contributed by atoms with E-state index in [4.69, 9.17) is 0 Å². The SMILES string of the molecule is C=C1/C=C\C=C/CC(C)(c2ccc(-c3c4ccccc4c(C4=CC=C(c5cccc6c5C=CC(C)C6)C=CC4)c4ccccc34)cc2)/C=C\1.CC(C)(C)C. The van der Waals surface area contributed by atoms with E-state index >= 15 is 0 Å². The summed E-state index contributed by atoms with van der Waals surface area (Å²) in [7, 11) is 0. The van der Waals surface area contributed by atoms with Crippen LogP contribution in [0.3, 0.4) is 0 Å². The summed E-state index contributed by atoms with van der Waals surface area (Å²) in [6.45, 7) is 17.6. The molecule has 5 aromatic carbocycles. The van der Waals surface area contributed by atoms with Gasteiger partial charge in [-0.05, 0) is 108 Å². The van der Waals surface area contributed by atoms with Gasteiger partial charge in [0.2, 0.25) is 0 Å². The van der Waals surface area contributed by atoms with Gasteiger partial charge in [0, 0.05) is 5.41 Å². The largest absolute Gasteiger partial charge is 0.0918 e. The molecule has 2 unspecified atom stereocenters. The van der Waals surface area contributed by atoms with Crippen molar-refractivity contribution in [2.45, 2.75) is 66.2 Å². The molecule has 0 aromatic heterocycles. The number of rotatable bonds is 4. The minimum Gasteiger partial charge on any atom is -0.0918 e. The van der Waals surface area contributed by atoms with E-state index in [-0.39, 0.29) is 5.41 Å². The predicted molar refractivity (Wildman–Crippen MR) is 239 cm³/mol. The van der Waals surface area contributed by atoms with Gasteiger partial charge in [-0.2, -0.15) is 0 Å². The fourth-order valence-corrected chi connectivity index (χ4v) is 7.91. The molecular formula is C54H54. The first-order valence-electron chi connectivity index (χ1n) is 19.6. The topological polar surface area (TPSA) is 0 Å². The zero-order valence-electron chi connectivity index (χ0n) is 33.0. The number of benzene rings is 5. The van der Waals surface area contributed by atoms with Gasteiger partial charge < -0.3 is 0 Å².